The molecule has 2 heteroatoms. The fraction of sp³-hybridized carbons (Fsp3) is 0.783. The van der Waals surface area contributed by atoms with Crippen molar-refractivity contribution in [3.05, 3.63) is 23.3 Å². The van der Waals surface area contributed by atoms with E-state index in [1.54, 1.807) is 0 Å². The number of unbranched alkanes of at least 4 members (excludes halogenated alkanes) is 8. The molecule has 0 aromatic rings. The predicted molar refractivity (Wildman–Crippen MR) is 110 cm³/mol. The molecule has 0 radical (unpaired) electrons. The number of rotatable bonds is 15. The average Bonchev–Trinajstić information content (AvgIpc) is 2.52. The van der Waals surface area contributed by atoms with Gasteiger partial charge in [-0.05, 0) is 45.6 Å². The van der Waals surface area contributed by atoms with Gasteiger partial charge >= 0.3 is 5.97 Å². The number of allylic oxidation sites excluding steroid dienone is 3. The fourth-order valence-electron chi connectivity index (χ4n) is 3.15. The molecular formula is C23H42O2. The molecule has 1 unspecified atom stereocenters. The topological polar surface area (TPSA) is 26.3 Å². The van der Waals surface area contributed by atoms with Gasteiger partial charge in [0.15, 0.2) is 0 Å². The Balaban J connectivity index is 3.60. The monoisotopic (exact) mass is 350 g/mol. The van der Waals surface area contributed by atoms with Gasteiger partial charge in [0.25, 0.3) is 0 Å². The number of ether oxygens (including phenoxy) is 1. The Kier molecular flexibility index (Phi) is 15.7. The molecule has 0 heterocycles. The third-order valence-corrected chi connectivity index (χ3v) is 4.42. The van der Waals surface area contributed by atoms with Gasteiger partial charge < -0.3 is 4.74 Å². The first kappa shape index (κ1) is 23.9. The minimum Gasteiger partial charge on any atom is -0.461 e. The lowest BCUT2D eigenvalue weighted by atomic mass is 10.00. The summed E-state index contributed by atoms with van der Waals surface area (Å²) in [5.41, 5.74) is 2.65. The highest BCUT2D eigenvalue weighted by Crippen LogP contribution is 2.14. The Morgan fingerprint density at radius 3 is 2.04 bits per heavy atom. The number of esters is 1. The van der Waals surface area contributed by atoms with Crippen LogP contribution in [0.15, 0.2) is 23.3 Å². The largest absolute Gasteiger partial charge is 0.461 e. The van der Waals surface area contributed by atoms with Crippen molar-refractivity contribution in [3.8, 4) is 0 Å². The van der Waals surface area contributed by atoms with Gasteiger partial charge in [-0.2, -0.15) is 0 Å². The third kappa shape index (κ3) is 17.6. The first-order chi connectivity index (χ1) is 12.0. The second-order valence-corrected chi connectivity index (χ2v) is 7.74. The second-order valence-electron chi connectivity index (χ2n) is 7.74. The van der Waals surface area contributed by atoms with E-state index in [0.717, 1.165) is 19.3 Å². The SMILES string of the molecule is CCCCCCCCCCCC(=O)OC/C=C(\C)CC(C)C=C(C)C. The minimum atomic E-state index is -0.0515. The van der Waals surface area contributed by atoms with E-state index in [1.165, 1.54) is 56.1 Å². The van der Waals surface area contributed by atoms with Crippen LogP contribution in [0.3, 0.4) is 0 Å². The molecule has 0 aromatic heterocycles. The highest BCUT2D eigenvalue weighted by molar-refractivity contribution is 5.69. The summed E-state index contributed by atoms with van der Waals surface area (Å²) in [6, 6.07) is 0. The second kappa shape index (κ2) is 16.4. The van der Waals surface area contributed by atoms with Crippen molar-refractivity contribution in [2.45, 2.75) is 105 Å². The molecule has 0 fully saturated rings. The van der Waals surface area contributed by atoms with Crippen LogP contribution >= 0.6 is 0 Å². The molecule has 0 N–H and O–H groups in total. The van der Waals surface area contributed by atoms with Gasteiger partial charge in [0.1, 0.15) is 6.61 Å². The summed E-state index contributed by atoms with van der Waals surface area (Å²) in [6.07, 6.45) is 17.4. The molecule has 0 aliphatic rings. The lowest BCUT2D eigenvalue weighted by Crippen LogP contribution is -2.04. The van der Waals surface area contributed by atoms with Crippen molar-refractivity contribution in [2.75, 3.05) is 6.61 Å². The molecule has 0 saturated carbocycles. The van der Waals surface area contributed by atoms with Gasteiger partial charge in [-0.3, -0.25) is 4.79 Å². The van der Waals surface area contributed by atoms with E-state index in [-0.39, 0.29) is 5.97 Å². The summed E-state index contributed by atoms with van der Waals surface area (Å²) in [6.45, 7) is 11.3. The first-order valence-electron chi connectivity index (χ1n) is 10.4. The van der Waals surface area contributed by atoms with Crippen LogP contribution in [-0.4, -0.2) is 12.6 Å². The van der Waals surface area contributed by atoms with Crippen LogP contribution in [0.2, 0.25) is 0 Å². The highest BCUT2D eigenvalue weighted by atomic mass is 16.5. The predicted octanol–water partition coefficient (Wildman–Crippen LogP) is 7.39. The Hall–Kier alpha value is -1.05. The lowest BCUT2D eigenvalue weighted by Gasteiger charge is -2.08. The fourth-order valence-corrected chi connectivity index (χ4v) is 3.15. The van der Waals surface area contributed by atoms with E-state index >= 15 is 0 Å². The maximum absolute atomic E-state index is 11.7. The van der Waals surface area contributed by atoms with Gasteiger partial charge in [0, 0.05) is 6.42 Å². The van der Waals surface area contributed by atoms with Crippen molar-refractivity contribution < 1.29 is 9.53 Å². The Morgan fingerprint density at radius 2 is 1.48 bits per heavy atom. The van der Waals surface area contributed by atoms with Crippen LogP contribution in [0.4, 0.5) is 0 Å². The molecule has 0 amide bonds. The van der Waals surface area contributed by atoms with Crippen molar-refractivity contribution >= 4 is 5.97 Å². The van der Waals surface area contributed by atoms with Gasteiger partial charge in [0.05, 0.1) is 0 Å². The number of hydrogen-bond acceptors (Lipinski definition) is 2. The average molecular weight is 351 g/mol. The van der Waals surface area contributed by atoms with E-state index in [2.05, 4.69) is 40.7 Å². The van der Waals surface area contributed by atoms with Gasteiger partial charge in [-0.1, -0.05) is 82.4 Å². The summed E-state index contributed by atoms with van der Waals surface area (Å²) in [5.74, 6) is 0.489. The molecule has 0 rings (SSSR count). The third-order valence-electron chi connectivity index (χ3n) is 4.42. The Morgan fingerprint density at radius 1 is 0.920 bits per heavy atom. The Bertz CT molecular complexity index is 389. The molecule has 0 bridgehead atoms. The quantitative estimate of drug-likeness (QED) is 0.175. The van der Waals surface area contributed by atoms with E-state index < -0.39 is 0 Å². The van der Waals surface area contributed by atoms with E-state index in [4.69, 9.17) is 4.74 Å². The zero-order chi connectivity index (χ0) is 18.9. The molecule has 25 heavy (non-hydrogen) atoms. The first-order valence-corrected chi connectivity index (χ1v) is 10.4. The summed E-state index contributed by atoms with van der Waals surface area (Å²) < 4.78 is 5.32. The van der Waals surface area contributed by atoms with Crippen LogP contribution in [0, 0.1) is 5.92 Å². The molecule has 0 aliphatic carbocycles. The van der Waals surface area contributed by atoms with E-state index in [0.29, 0.717) is 18.9 Å². The summed E-state index contributed by atoms with van der Waals surface area (Å²) >= 11 is 0. The number of carbonyl (C=O) groups is 1. The zero-order valence-electron chi connectivity index (χ0n) is 17.5. The van der Waals surface area contributed by atoms with Gasteiger partial charge in [-0.15, -0.1) is 0 Å². The van der Waals surface area contributed by atoms with Crippen LogP contribution in [0.1, 0.15) is 105 Å². The lowest BCUT2D eigenvalue weighted by molar-refractivity contribution is -0.142. The normalized spacial score (nSPS) is 12.8. The van der Waals surface area contributed by atoms with Crippen LogP contribution in [-0.2, 0) is 9.53 Å². The molecule has 146 valence electrons. The summed E-state index contributed by atoms with van der Waals surface area (Å²) in [7, 11) is 0. The number of hydrogen-bond donors (Lipinski definition) is 0. The van der Waals surface area contributed by atoms with Crippen molar-refractivity contribution in [2.24, 2.45) is 5.92 Å². The minimum absolute atomic E-state index is 0.0515. The molecule has 0 saturated heterocycles. The molecule has 0 spiro atoms. The smallest absolute Gasteiger partial charge is 0.306 e. The molecule has 2 nitrogen and oxygen atoms in total. The van der Waals surface area contributed by atoms with E-state index in [1.807, 2.05) is 6.08 Å². The van der Waals surface area contributed by atoms with Crippen molar-refractivity contribution in [1.29, 1.82) is 0 Å². The highest BCUT2D eigenvalue weighted by Gasteiger charge is 2.03. The van der Waals surface area contributed by atoms with Crippen LogP contribution in [0.25, 0.3) is 0 Å². The maximum Gasteiger partial charge on any atom is 0.306 e. The Labute approximate surface area is 157 Å². The van der Waals surface area contributed by atoms with E-state index in [9.17, 15) is 4.79 Å². The number of carbonyl (C=O) groups excluding carboxylic acids is 1. The molecule has 0 aromatic carbocycles. The van der Waals surface area contributed by atoms with Gasteiger partial charge in [0.2, 0.25) is 0 Å². The van der Waals surface area contributed by atoms with Gasteiger partial charge in [-0.25, -0.2) is 0 Å². The molecule has 0 aliphatic heterocycles. The zero-order valence-corrected chi connectivity index (χ0v) is 17.5. The molecule has 1 atom stereocenters. The summed E-state index contributed by atoms with van der Waals surface area (Å²) in [5, 5.41) is 0. The van der Waals surface area contributed by atoms with Crippen LogP contribution in [0.5, 0.6) is 0 Å². The summed E-state index contributed by atoms with van der Waals surface area (Å²) in [4.78, 5) is 11.7. The van der Waals surface area contributed by atoms with Crippen molar-refractivity contribution in [3.63, 3.8) is 0 Å². The molecular weight excluding hydrogens is 308 g/mol. The van der Waals surface area contributed by atoms with Crippen molar-refractivity contribution in [1.82, 2.24) is 0 Å². The van der Waals surface area contributed by atoms with Crippen LogP contribution < -0.4 is 0 Å². The standard InChI is InChI=1S/C23H42O2/c1-6-7-8-9-10-11-12-13-14-15-23(24)25-17-16-21(4)19-22(5)18-20(2)3/h16,18,22H,6-15,17,19H2,1-5H3/b21-16+. The maximum atomic E-state index is 11.7.